The molecule has 1 aliphatic heterocycles. The average molecular weight is 275 g/mol. The summed E-state index contributed by atoms with van der Waals surface area (Å²) in [6.07, 6.45) is 1.68. The molecule has 1 aromatic rings. The topological polar surface area (TPSA) is 75.4 Å². The van der Waals surface area contributed by atoms with Crippen molar-refractivity contribution in [2.45, 2.75) is 38.8 Å². The fourth-order valence-electron chi connectivity index (χ4n) is 2.23. The Kier molecular flexibility index (Phi) is 4.39. The zero-order valence-corrected chi connectivity index (χ0v) is 11.9. The van der Waals surface area contributed by atoms with Crippen molar-refractivity contribution >= 4 is 11.9 Å². The molecule has 0 spiro atoms. The third-order valence-corrected chi connectivity index (χ3v) is 3.69. The maximum Gasteiger partial charge on any atom is 0.325 e. The Morgan fingerprint density at radius 1 is 1.25 bits per heavy atom. The van der Waals surface area contributed by atoms with Gasteiger partial charge in [0.1, 0.15) is 6.04 Å². The predicted molar refractivity (Wildman–Crippen MR) is 77.1 cm³/mol. The van der Waals surface area contributed by atoms with E-state index in [0.29, 0.717) is 0 Å². The highest BCUT2D eigenvalue weighted by atomic mass is 16.2. The number of nitrogens with two attached hydrogens (primary N) is 1. The zero-order valence-electron chi connectivity index (χ0n) is 11.9. The molecule has 1 heterocycles. The molecule has 1 aliphatic rings. The second-order valence-corrected chi connectivity index (χ2v) is 5.09. The van der Waals surface area contributed by atoms with Gasteiger partial charge in [-0.05, 0) is 24.0 Å². The van der Waals surface area contributed by atoms with Crippen molar-refractivity contribution in [2.75, 3.05) is 6.54 Å². The van der Waals surface area contributed by atoms with Crippen molar-refractivity contribution in [3.05, 3.63) is 35.4 Å². The summed E-state index contributed by atoms with van der Waals surface area (Å²) < 4.78 is 0. The van der Waals surface area contributed by atoms with Gasteiger partial charge < -0.3 is 11.1 Å². The lowest BCUT2D eigenvalue weighted by Gasteiger charge is -2.17. The summed E-state index contributed by atoms with van der Waals surface area (Å²) in [4.78, 5) is 25.4. The Morgan fingerprint density at radius 2 is 1.90 bits per heavy atom. The quantitative estimate of drug-likeness (QED) is 0.801. The van der Waals surface area contributed by atoms with Gasteiger partial charge in [-0.25, -0.2) is 4.79 Å². The summed E-state index contributed by atoms with van der Waals surface area (Å²) in [6.45, 7) is 4.28. The molecule has 0 aromatic heterocycles. The molecule has 2 atom stereocenters. The van der Waals surface area contributed by atoms with Crippen LogP contribution in [0.2, 0.25) is 0 Å². The van der Waals surface area contributed by atoms with E-state index in [2.05, 4.69) is 12.2 Å². The monoisotopic (exact) mass is 275 g/mol. The third kappa shape index (κ3) is 2.82. The van der Waals surface area contributed by atoms with Gasteiger partial charge in [0, 0.05) is 12.6 Å². The number of amides is 3. The van der Waals surface area contributed by atoms with Crippen molar-refractivity contribution < 1.29 is 9.59 Å². The molecule has 3 amide bonds. The predicted octanol–water partition coefficient (Wildman–Crippen LogP) is 1.58. The minimum atomic E-state index is -0.586. The highest BCUT2D eigenvalue weighted by Gasteiger charge is 2.39. The lowest BCUT2D eigenvalue weighted by molar-refractivity contribution is -0.127. The number of rotatable bonds is 5. The summed E-state index contributed by atoms with van der Waals surface area (Å²) in [5.41, 5.74) is 7.84. The molecule has 1 saturated heterocycles. The van der Waals surface area contributed by atoms with E-state index in [-0.39, 0.29) is 24.5 Å². The number of carbonyl (C=O) groups is 2. The SMILES string of the molecule is CCc1ccc(C2NC(=O)N(CC(N)CC)C2=O)cc1. The Bertz CT molecular complexity index is 498. The van der Waals surface area contributed by atoms with E-state index in [1.165, 1.54) is 10.5 Å². The van der Waals surface area contributed by atoms with E-state index in [1.807, 2.05) is 31.2 Å². The summed E-state index contributed by atoms with van der Waals surface area (Å²) in [7, 11) is 0. The van der Waals surface area contributed by atoms with Crippen molar-refractivity contribution in [1.29, 1.82) is 0 Å². The molecule has 108 valence electrons. The molecule has 1 aromatic carbocycles. The van der Waals surface area contributed by atoms with Gasteiger partial charge in [-0.15, -0.1) is 0 Å². The minimum absolute atomic E-state index is 0.175. The minimum Gasteiger partial charge on any atom is -0.326 e. The Morgan fingerprint density at radius 3 is 2.45 bits per heavy atom. The van der Waals surface area contributed by atoms with E-state index >= 15 is 0 Å². The van der Waals surface area contributed by atoms with Gasteiger partial charge in [-0.3, -0.25) is 9.69 Å². The maximum atomic E-state index is 12.3. The summed E-state index contributed by atoms with van der Waals surface area (Å²) in [5, 5.41) is 2.72. The smallest absolute Gasteiger partial charge is 0.325 e. The van der Waals surface area contributed by atoms with Crippen molar-refractivity contribution in [3.8, 4) is 0 Å². The molecule has 2 rings (SSSR count). The van der Waals surface area contributed by atoms with Gasteiger partial charge >= 0.3 is 6.03 Å². The first-order chi connectivity index (χ1) is 9.56. The first-order valence-electron chi connectivity index (χ1n) is 7.03. The lowest BCUT2D eigenvalue weighted by atomic mass is 10.0. The van der Waals surface area contributed by atoms with Crippen LogP contribution in [0.4, 0.5) is 4.79 Å². The zero-order chi connectivity index (χ0) is 14.7. The number of nitrogens with one attached hydrogen (secondary N) is 1. The van der Waals surface area contributed by atoms with E-state index in [4.69, 9.17) is 5.73 Å². The van der Waals surface area contributed by atoms with Crippen LogP contribution < -0.4 is 11.1 Å². The fraction of sp³-hybridized carbons (Fsp3) is 0.467. The van der Waals surface area contributed by atoms with Crippen LogP contribution in [0.15, 0.2) is 24.3 Å². The van der Waals surface area contributed by atoms with E-state index in [0.717, 1.165) is 18.4 Å². The number of carbonyl (C=O) groups excluding carboxylic acids is 2. The summed E-state index contributed by atoms with van der Waals surface area (Å²) in [5.74, 6) is -0.219. The van der Waals surface area contributed by atoms with Crippen LogP contribution in [0.3, 0.4) is 0 Å². The lowest BCUT2D eigenvalue weighted by Crippen LogP contribution is -2.41. The highest BCUT2D eigenvalue weighted by molar-refractivity contribution is 6.04. The number of hydrogen-bond acceptors (Lipinski definition) is 3. The van der Waals surface area contributed by atoms with E-state index in [9.17, 15) is 9.59 Å². The van der Waals surface area contributed by atoms with Gasteiger partial charge in [0.25, 0.3) is 5.91 Å². The van der Waals surface area contributed by atoms with Gasteiger partial charge in [-0.2, -0.15) is 0 Å². The molecule has 0 radical (unpaired) electrons. The molecule has 3 N–H and O–H groups in total. The van der Waals surface area contributed by atoms with Crippen LogP contribution >= 0.6 is 0 Å². The molecule has 2 unspecified atom stereocenters. The molecule has 1 fully saturated rings. The number of hydrogen-bond donors (Lipinski definition) is 2. The maximum absolute atomic E-state index is 12.3. The van der Waals surface area contributed by atoms with Crippen molar-refractivity contribution in [3.63, 3.8) is 0 Å². The number of urea groups is 1. The number of imide groups is 1. The number of benzene rings is 1. The molecule has 5 heteroatoms. The van der Waals surface area contributed by atoms with E-state index < -0.39 is 6.04 Å². The average Bonchev–Trinajstić information content (AvgIpc) is 2.75. The van der Waals surface area contributed by atoms with Crippen LogP contribution in [0.25, 0.3) is 0 Å². The van der Waals surface area contributed by atoms with Crippen LogP contribution in [0, 0.1) is 0 Å². The molecule has 0 saturated carbocycles. The van der Waals surface area contributed by atoms with Crippen LogP contribution in [0.5, 0.6) is 0 Å². The normalized spacial score (nSPS) is 20.1. The first-order valence-corrected chi connectivity index (χ1v) is 7.03. The molecule has 0 aliphatic carbocycles. The number of aryl methyl sites for hydroxylation is 1. The second-order valence-electron chi connectivity index (χ2n) is 5.09. The van der Waals surface area contributed by atoms with Crippen molar-refractivity contribution in [1.82, 2.24) is 10.2 Å². The standard InChI is InChI=1S/C15H21N3O2/c1-3-10-5-7-11(8-6-10)13-14(19)18(15(20)17-13)9-12(16)4-2/h5-8,12-13H,3-4,9,16H2,1-2H3,(H,17,20). The first kappa shape index (κ1) is 14.5. The molecule has 20 heavy (non-hydrogen) atoms. The fourth-order valence-corrected chi connectivity index (χ4v) is 2.23. The molecular formula is C15H21N3O2. The van der Waals surface area contributed by atoms with Crippen LogP contribution in [-0.2, 0) is 11.2 Å². The van der Waals surface area contributed by atoms with Crippen LogP contribution in [0.1, 0.15) is 37.4 Å². The summed E-state index contributed by atoms with van der Waals surface area (Å²) in [6, 6.07) is 6.63. The highest BCUT2D eigenvalue weighted by Crippen LogP contribution is 2.22. The molecule has 5 nitrogen and oxygen atoms in total. The second kappa shape index (κ2) is 6.05. The van der Waals surface area contributed by atoms with Gasteiger partial charge in [-0.1, -0.05) is 38.1 Å². The third-order valence-electron chi connectivity index (χ3n) is 3.69. The Labute approximate surface area is 119 Å². The van der Waals surface area contributed by atoms with Gasteiger partial charge in [0.15, 0.2) is 0 Å². The van der Waals surface area contributed by atoms with Crippen molar-refractivity contribution in [2.24, 2.45) is 5.73 Å². The van der Waals surface area contributed by atoms with Gasteiger partial charge in [0.2, 0.25) is 0 Å². The van der Waals surface area contributed by atoms with E-state index in [1.54, 1.807) is 0 Å². The largest absolute Gasteiger partial charge is 0.326 e. The molecular weight excluding hydrogens is 254 g/mol. The Hall–Kier alpha value is -1.88. The Balaban J connectivity index is 2.14. The van der Waals surface area contributed by atoms with Gasteiger partial charge in [0.05, 0.1) is 0 Å². The summed E-state index contributed by atoms with van der Waals surface area (Å²) >= 11 is 0. The number of nitrogens with zero attached hydrogens (tertiary/aromatic N) is 1. The van der Waals surface area contributed by atoms with Crippen LogP contribution in [-0.4, -0.2) is 29.4 Å². The molecule has 0 bridgehead atoms.